The maximum Gasteiger partial charge on any atom is 0.356 e. The van der Waals surface area contributed by atoms with Gasteiger partial charge in [-0.3, -0.25) is 0 Å². The molecule has 172 valence electrons. The Kier molecular flexibility index (Phi) is 6.14. The first-order valence-electron chi connectivity index (χ1n) is 11.4. The summed E-state index contributed by atoms with van der Waals surface area (Å²) < 4.78 is 11.2. The van der Waals surface area contributed by atoms with Gasteiger partial charge in [-0.1, -0.05) is 60.7 Å². The number of hydrogen-bond donors (Lipinski definition) is 1. The molecule has 0 aliphatic carbocycles. The molecule has 3 aromatic carbocycles. The van der Waals surface area contributed by atoms with Crippen molar-refractivity contribution in [1.82, 2.24) is 10.3 Å². The number of aromatic nitrogens is 1. The van der Waals surface area contributed by atoms with E-state index in [1.807, 2.05) is 36.4 Å². The Bertz CT molecular complexity index is 1320. The molecule has 0 bridgehead atoms. The molecular weight excluding hydrogens is 426 g/mol. The number of para-hydroxylation sites is 2. The lowest BCUT2D eigenvalue weighted by molar-refractivity contribution is 0.0594. The highest BCUT2D eigenvalue weighted by molar-refractivity contribution is 5.88. The van der Waals surface area contributed by atoms with Gasteiger partial charge in [0.05, 0.1) is 19.3 Å². The van der Waals surface area contributed by atoms with E-state index in [0.29, 0.717) is 18.9 Å². The maximum absolute atomic E-state index is 12.0. The fourth-order valence-electron chi connectivity index (χ4n) is 4.46. The fraction of sp³-hybridized carbons (Fsp3) is 0.214. The summed E-state index contributed by atoms with van der Waals surface area (Å²) in [6, 6.07) is 28.3. The average Bonchev–Trinajstić information content (AvgIpc) is 2.90. The Morgan fingerprint density at radius 1 is 1.06 bits per heavy atom. The molecule has 2 atom stereocenters. The number of rotatable bonds is 6. The first-order valence-corrected chi connectivity index (χ1v) is 11.4. The molecule has 0 fully saturated rings. The number of methoxy groups -OCH3 is 1. The van der Waals surface area contributed by atoms with Gasteiger partial charge >= 0.3 is 5.97 Å². The van der Waals surface area contributed by atoms with Crippen molar-refractivity contribution in [1.29, 1.82) is 0 Å². The SMILES string of the molecule is COC(=O)c1cccc(N2CC(CN[C@H](C)c3cccc4ccccc34)Oc3ccccc32)n1. The summed E-state index contributed by atoms with van der Waals surface area (Å²) in [6.45, 7) is 3.44. The number of pyridine rings is 1. The predicted octanol–water partition coefficient (Wildman–Crippen LogP) is 5.27. The second kappa shape index (κ2) is 9.53. The molecule has 0 spiro atoms. The highest BCUT2D eigenvalue weighted by atomic mass is 16.5. The molecule has 1 unspecified atom stereocenters. The van der Waals surface area contributed by atoms with Crippen LogP contribution in [0.5, 0.6) is 5.75 Å². The summed E-state index contributed by atoms with van der Waals surface area (Å²) in [6.07, 6.45) is -0.101. The quantitative estimate of drug-likeness (QED) is 0.401. The van der Waals surface area contributed by atoms with Gasteiger partial charge in [0.1, 0.15) is 17.7 Å². The van der Waals surface area contributed by atoms with Gasteiger partial charge in [0.25, 0.3) is 0 Å². The second-order valence-electron chi connectivity index (χ2n) is 8.39. The van der Waals surface area contributed by atoms with Crippen molar-refractivity contribution in [2.24, 2.45) is 0 Å². The van der Waals surface area contributed by atoms with E-state index in [1.54, 1.807) is 6.07 Å². The summed E-state index contributed by atoms with van der Waals surface area (Å²) in [4.78, 5) is 18.7. The summed E-state index contributed by atoms with van der Waals surface area (Å²) in [5, 5.41) is 6.15. The molecule has 6 nitrogen and oxygen atoms in total. The summed E-state index contributed by atoms with van der Waals surface area (Å²) >= 11 is 0. The smallest absolute Gasteiger partial charge is 0.356 e. The minimum Gasteiger partial charge on any atom is -0.485 e. The van der Waals surface area contributed by atoms with Crippen LogP contribution < -0.4 is 15.0 Å². The summed E-state index contributed by atoms with van der Waals surface area (Å²) in [7, 11) is 1.36. The molecule has 1 aliphatic rings. The van der Waals surface area contributed by atoms with E-state index >= 15 is 0 Å². The second-order valence-corrected chi connectivity index (χ2v) is 8.39. The molecule has 0 radical (unpaired) electrons. The minimum absolute atomic E-state index is 0.101. The van der Waals surface area contributed by atoms with Gasteiger partial charge in [-0.05, 0) is 47.5 Å². The lowest BCUT2D eigenvalue weighted by atomic mass is 9.99. The van der Waals surface area contributed by atoms with E-state index in [2.05, 4.69) is 64.6 Å². The van der Waals surface area contributed by atoms with Crippen molar-refractivity contribution < 1.29 is 14.3 Å². The number of nitrogens with one attached hydrogen (secondary N) is 1. The molecule has 4 aromatic rings. The normalized spacial score (nSPS) is 15.9. The Morgan fingerprint density at radius 3 is 2.71 bits per heavy atom. The predicted molar refractivity (Wildman–Crippen MR) is 134 cm³/mol. The van der Waals surface area contributed by atoms with Crippen molar-refractivity contribution >= 4 is 28.2 Å². The zero-order valence-electron chi connectivity index (χ0n) is 19.3. The van der Waals surface area contributed by atoms with E-state index in [-0.39, 0.29) is 17.8 Å². The largest absolute Gasteiger partial charge is 0.485 e. The fourth-order valence-corrected chi connectivity index (χ4v) is 4.46. The van der Waals surface area contributed by atoms with E-state index in [4.69, 9.17) is 9.47 Å². The summed E-state index contributed by atoms with van der Waals surface area (Å²) in [5.41, 5.74) is 2.47. The highest BCUT2D eigenvalue weighted by Gasteiger charge is 2.28. The van der Waals surface area contributed by atoms with Crippen molar-refractivity contribution in [3.05, 3.63) is 96.2 Å². The minimum atomic E-state index is -0.453. The zero-order chi connectivity index (χ0) is 23.5. The number of benzene rings is 3. The van der Waals surface area contributed by atoms with Crippen LogP contribution >= 0.6 is 0 Å². The molecule has 0 amide bonds. The monoisotopic (exact) mass is 453 g/mol. The van der Waals surface area contributed by atoms with E-state index in [9.17, 15) is 4.79 Å². The molecule has 1 aromatic heterocycles. The van der Waals surface area contributed by atoms with Crippen molar-refractivity contribution in [2.45, 2.75) is 19.1 Å². The molecule has 2 heterocycles. The molecule has 0 saturated carbocycles. The zero-order valence-corrected chi connectivity index (χ0v) is 19.3. The lowest BCUT2D eigenvalue weighted by Gasteiger charge is -2.36. The Morgan fingerprint density at radius 2 is 1.82 bits per heavy atom. The van der Waals surface area contributed by atoms with Gasteiger partial charge in [0.2, 0.25) is 0 Å². The van der Waals surface area contributed by atoms with Crippen LogP contribution in [0.1, 0.15) is 29.0 Å². The third kappa shape index (κ3) is 4.32. The van der Waals surface area contributed by atoms with Crippen LogP contribution in [0.25, 0.3) is 10.8 Å². The van der Waals surface area contributed by atoms with Gasteiger partial charge in [0.15, 0.2) is 5.69 Å². The van der Waals surface area contributed by atoms with Gasteiger partial charge in [-0.2, -0.15) is 0 Å². The first kappa shape index (κ1) is 21.9. The number of anilines is 2. The number of carbonyl (C=O) groups is 1. The molecule has 1 N–H and O–H groups in total. The highest BCUT2D eigenvalue weighted by Crippen LogP contribution is 2.37. The molecule has 5 rings (SSSR count). The number of esters is 1. The molecule has 0 saturated heterocycles. The third-order valence-electron chi connectivity index (χ3n) is 6.18. The van der Waals surface area contributed by atoms with Gasteiger partial charge < -0.3 is 19.7 Å². The summed E-state index contributed by atoms with van der Waals surface area (Å²) in [5.74, 6) is 1.03. The van der Waals surface area contributed by atoms with E-state index < -0.39 is 5.97 Å². The number of carbonyl (C=O) groups excluding carboxylic acids is 1. The average molecular weight is 454 g/mol. The third-order valence-corrected chi connectivity index (χ3v) is 6.18. The van der Waals surface area contributed by atoms with Crippen molar-refractivity contribution in [3.63, 3.8) is 0 Å². The number of ether oxygens (including phenoxy) is 2. The molecule has 1 aliphatic heterocycles. The lowest BCUT2D eigenvalue weighted by Crippen LogP contribution is -2.44. The first-order chi connectivity index (χ1) is 16.6. The Labute approximate surface area is 199 Å². The number of hydrogen-bond acceptors (Lipinski definition) is 6. The van der Waals surface area contributed by atoms with Gasteiger partial charge in [-0.15, -0.1) is 0 Å². The van der Waals surface area contributed by atoms with Crippen LogP contribution in [0.3, 0.4) is 0 Å². The molecule has 6 heteroatoms. The van der Waals surface area contributed by atoms with Crippen LogP contribution in [0.15, 0.2) is 84.9 Å². The van der Waals surface area contributed by atoms with Crippen LogP contribution in [0.4, 0.5) is 11.5 Å². The van der Waals surface area contributed by atoms with E-state index in [0.717, 1.165) is 11.4 Å². The van der Waals surface area contributed by atoms with Crippen LogP contribution in [0.2, 0.25) is 0 Å². The number of fused-ring (bicyclic) bond motifs is 2. The van der Waals surface area contributed by atoms with Crippen molar-refractivity contribution in [3.8, 4) is 5.75 Å². The van der Waals surface area contributed by atoms with Crippen LogP contribution in [-0.2, 0) is 4.74 Å². The van der Waals surface area contributed by atoms with E-state index in [1.165, 1.54) is 23.4 Å². The van der Waals surface area contributed by atoms with Gasteiger partial charge in [-0.25, -0.2) is 9.78 Å². The standard InChI is InChI=1S/C28H27N3O3/c1-19(22-12-7-10-20-9-3-4-11-23(20)22)29-17-21-18-31(25-14-5-6-15-26(25)34-21)27-16-8-13-24(30-27)28(32)33-2/h3-16,19,21,29H,17-18H2,1-2H3/t19-,21?/m1/s1. The van der Waals surface area contributed by atoms with Gasteiger partial charge in [0, 0.05) is 12.6 Å². The topological polar surface area (TPSA) is 63.7 Å². The Balaban J connectivity index is 1.37. The maximum atomic E-state index is 12.0. The molecule has 34 heavy (non-hydrogen) atoms. The van der Waals surface area contributed by atoms with Crippen LogP contribution in [0, 0.1) is 0 Å². The Hall–Kier alpha value is -3.90. The molecular formula is C28H27N3O3. The number of nitrogens with zero attached hydrogens (tertiary/aromatic N) is 2. The van der Waals surface area contributed by atoms with Crippen LogP contribution in [-0.4, -0.2) is 37.3 Å². The van der Waals surface area contributed by atoms with Crippen molar-refractivity contribution in [2.75, 3.05) is 25.1 Å².